The number of carbonyl (C=O) groups is 1. The summed E-state index contributed by atoms with van der Waals surface area (Å²) in [6, 6.07) is 3.81. The Morgan fingerprint density at radius 3 is 2.83 bits per heavy atom. The van der Waals surface area contributed by atoms with E-state index in [0.29, 0.717) is 12.4 Å². The van der Waals surface area contributed by atoms with Crippen molar-refractivity contribution in [3.8, 4) is 6.07 Å². The molecule has 0 unspecified atom stereocenters. The molecule has 160 valence electrons. The number of ether oxygens (including phenoxy) is 1. The van der Waals surface area contributed by atoms with Crippen LogP contribution in [0.15, 0.2) is 12.3 Å². The van der Waals surface area contributed by atoms with Crippen molar-refractivity contribution in [1.29, 1.82) is 5.26 Å². The first kappa shape index (κ1) is 21.9. The number of likely N-dealkylation sites (N-methyl/N-ethyl adjacent to an activating group) is 1. The predicted molar refractivity (Wildman–Crippen MR) is 116 cm³/mol. The summed E-state index contributed by atoms with van der Waals surface area (Å²) in [5.41, 5.74) is 0.373. The highest BCUT2D eigenvalue weighted by Crippen LogP contribution is 2.27. The maximum Gasteiger partial charge on any atom is 0.416 e. The Hall–Kier alpha value is -2.77. The normalized spacial score (nSPS) is 17.3. The van der Waals surface area contributed by atoms with Gasteiger partial charge in [-0.05, 0) is 71.7 Å². The Morgan fingerprint density at radius 1 is 1.47 bits per heavy atom. The Kier molecular flexibility index (Phi) is 6.53. The summed E-state index contributed by atoms with van der Waals surface area (Å²) < 4.78 is 9.90. The molecular formula is C20H27N7O2S. The van der Waals surface area contributed by atoms with E-state index in [4.69, 9.17) is 4.74 Å². The second-order valence-corrected chi connectivity index (χ2v) is 9.21. The van der Waals surface area contributed by atoms with Crippen LogP contribution in [0.2, 0.25) is 0 Å². The van der Waals surface area contributed by atoms with Crippen molar-refractivity contribution >= 4 is 34.3 Å². The van der Waals surface area contributed by atoms with Crippen LogP contribution in [0.1, 0.15) is 45.0 Å². The fourth-order valence-electron chi connectivity index (χ4n) is 3.29. The molecule has 1 atom stereocenters. The van der Waals surface area contributed by atoms with E-state index < -0.39 is 11.7 Å². The molecule has 3 heterocycles. The van der Waals surface area contributed by atoms with Gasteiger partial charge in [0.15, 0.2) is 17.3 Å². The lowest BCUT2D eigenvalue weighted by Gasteiger charge is -2.37. The number of rotatable bonds is 4. The summed E-state index contributed by atoms with van der Waals surface area (Å²) in [5.74, 6) is 0.642. The molecule has 2 aromatic heterocycles. The van der Waals surface area contributed by atoms with Crippen LogP contribution in [0.3, 0.4) is 0 Å². The molecule has 0 aliphatic carbocycles. The first-order valence-corrected chi connectivity index (χ1v) is 10.6. The molecule has 1 amide bonds. The Balaban J connectivity index is 1.98. The lowest BCUT2D eigenvalue weighted by molar-refractivity contribution is 0.0547. The highest BCUT2D eigenvalue weighted by atomic mass is 32.1. The summed E-state index contributed by atoms with van der Waals surface area (Å²) in [6.45, 7) is 9.07. The zero-order valence-electron chi connectivity index (χ0n) is 18.0. The standard InChI is InChI=1S/C20H27N7O2S/c1-13-9-17(30-25-13)24-18-15(10-21)22-11-16(23-18)27(19(28)29-20(2,3)4)14-7-6-8-26(5)12-14/h9,11,14H,6-8,12H2,1-5H3,(H,23,24)/t14-/m1/s1. The van der Waals surface area contributed by atoms with E-state index in [0.717, 1.165) is 30.1 Å². The average Bonchev–Trinajstić information content (AvgIpc) is 3.05. The average molecular weight is 430 g/mol. The Morgan fingerprint density at radius 2 is 2.23 bits per heavy atom. The van der Waals surface area contributed by atoms with E-state index in [1.165, 1.54) is 17.7 Å². The van der Waals surface area contributed by atoms with Crippen LogP contribution < -0.4 is 10.2 Å². The number of aromatic nitrogens is 3. The molecule has 1 aliphatic heterocycles. The Bertz CT molecular complexity index is 947. The van der Waals surface area contributed by atoms with Gasteiger partial charge in [0, 0.05) is 6.54 Å². The Labute approximate surface area is 180 Å². The maximum absolute atomic E-state index is 13.1. The number of likely N-dealkylation sites (tertiary alicyclic amines) is 1. The predicted octanol–water partition coefficient (Wildman–Crippen LogP) is 3.69. The molecule has 0 saturated carbocycles. The minimum Gasteiger partial charge on any atom is -0.443 e. The zero-order chi connectivity index (χ0) is 21.9. The number of anilines is 3. The zero-order valence-corrected chi connectivity index (χ0v) is 18.8. The van der Waals surface area contributed by atoms with Crippen molar-refractivity contribution < 1.29 is 9.53 Å². The number of hydrogen-bond donors (Lipinski definition) is 1. The molecule has 10 heteroatoms. The van der Waals surface area contributed by atoms with Crippen molar-refractivity contribution in [2.75, 3.05) is 30.4 Å². The van der Waals surface area contributed by atoms with E-state index in [2.05, 4.69) is 24.6 Å². The molecular weight excluding hydrogens is 402 g/mol. The van der Waals surface area contributed by atoms with Crippen LogP contribution in [0.25, 0.3) is 0 Å². The summed E-state index contributed by atoms with van der Waals surface area (Å²) in [7, 11) is 2.03. The lowest BCUT2D eigenvalue weighted by atomic mass is 10.0. The van der Waals surface area contributed by atoms with Crippen molar-refractivity contribution in [2.24, 2.45) is 0 Å². The van der Waals surface area contributed by atoms with E-state index in [1.54, 1.807) is 4.90 Å². The first-order valence-electron chi connectivity index (χ1n) is 9.84. The minimum absolute atomic E-state index is 0.0978. The maximum atomic E-state index is 13.1. The molecule has 30 heavy (non-hydrogen) atoms. The second kappa shape index (κ2) is 8.93. The molecule has 1 fully saturated rings. The van der Waals surface area contributed by atoms with Gasteiger partial charge in [0.1, 0.15) is 16.7 Å². The van der Waals surface area contributed by atoms with Crippen molar-refractivity contribution in [3.63, 3.8) is 0 Å². The third-order valence-electron chi connectivity index (χ3n) is 4.54. The van der Waals surface area contributed by atoms with Gasteiger partial charge in [0.2, 0.25) is 0 Å². The van der Waals surface area contributed by atoms with E-state index >= 15 is 0 Å². The monoisotopic (exact) mass is 429 g/mol. The number of piperidine rings is 1. The number of nitriles is 1. The van der Waals surface area contributed by atoms with E-state index in [1.807, 2.05) is 46.9 Å². The third kappa shape index (κ3) is 5.43. The van der Waals surface area contributed by atoms with Crippen LogP contribution in [-0.4, -0.2) is 57.1 Å². The molecule has 0 spiro atoms. The lowest BCUT2D eigenvalue weighted by Crippen LogP contribution is -2.51. The van der Waals surface area contributed by atoms with Crippen LogP contribution in [0.4, 0.5) is 21.4 Å². The van der Waals surface area contributed by atoms with Gasteiger partial charge in [-0.3, -0.25) is 4.90 Å². The molecule has 1 saturated heterocycles. The fourth-order valence-corrected chi connectivity index (χ4v) is 3.96. The van der Waals surface area contributed by atoms with Crippen LogP contribution in [0, 0.1) is 18.3 Å². The van der Waals surface area contributed by atoms with Gasteiger partial charge in [0.05, 0.1) is 17.9 Å². The van der Waals surface area contributed by atoms with Gasteiger partial charge < -0.3 is 15.0 Å². The van der Waals surface area contributed by atoms with Crippen LogP contribution in [0.5, 0.6) is 0 Å². The number of carbonyl (C=O) groups excluding carboxylic acids is 1. The number of nitrogens with zero attached hydrogens (tertiary/aromatic N) is 6. The number of aryl methyl sites for hydroxylation is 1. The first-order chi connectivity index (χ1) is 14.2. The summed E-state index contributed by atoms with van der Waals surface area (Å²) in [5, 5.41) is 13.3. The molecule has 0 radical (unpaired) electrons. The van der Waals surface area contributed by atoms with Gasteiger partial charge in [-0.25, -0.2) is 14.8 Å². The quantitative estimate of drug-likeness (QED) is 0.784. The van der Waals surface area contributed by atoms with Gasteiger partial charge in [-0.15, -0.1) is 0 Å². The number of hydrogen-bond acceptors (Lipinski definition) is 9. The van der Waals surface area contributed by atoms with Gasteiger partial charge in [0.25, 0.3) is 0 Å². The van der Waals surface area contributed by atoms with Crippen LogP contribution in [-0.2, 0) is 4.74 Å². The molecule has 1 N–H and O–H groups in total. The number of nitrogens with one attached hydrogen (secondary N) is 1. The van der Waals surface area contributed by atoms with Gasteiger partial charge in [-0.2, -0.15) is 9.64 Å². The highest BCUT2D eigenvalue weighted by molar-refractivity contribution is 7.10. The van der Waals surface area contributed by atoms with Crippen LogP contribution >= 0.6 is 11.5 Å². The second-order valence-electron chi connectivity index (χ2n) is 8.40. The summed E-state index contributed by atoms with van der Waals surface area (Å²) in [6.07, 6.45) is 2.79. The van der Waals surface area contributed by atoms with Crippen molar-refractivity contribution in [1.82, 2.24) is 19.2 Å². The molecule has 0 bridgehead atoms. The summed E-state index contributed by atoms with van der Waals surface area (Å²) in [4.78, 5) is 25.7. The van der Waals surface area contributed by atoms with Crippen molar-refractivity contribution in [2.45, 2.75) is 52.2 Å². The molecule has 3 rings (SSSR count). The minimum atomic E-state index is -0.642. The molecule has 9 nitrogen and oxygen atoms in total. The van der Waals surface area contributed by atoms with Gasteiger partial charge >= 0.3 is 6.09 Å². The topological polar surface area (TPSA) is 107 Å². The SMILES string of the molecule is Cc1cc(Nc2nc(N(C(=O)OC(C)(C)C)[C@@H]3CCCN(C)C3)cnc2C#N)sn1. The largest absolute Gasteiger partial charge is 0.443 e. The molecule has 2 aromatic rings. The van der Waals surface area contributed by atoms with E-state index in [9.17, 15) is 10.1 Å². The highest BCUT2D eigenvalue weighted by Gasteiger charge is 2.33. The van der Waals surface area contributed by atoms with Gasteiger partial charge in [-0.1, -0.05) is 0 Å². The third-order valence-corrected chi connectivity index (χ3v) is 5.33. The van der Waals surface area contributed by atoms with E-state index in [-0.39, 0.29) is 17.6 Å². The molecule has 0 aromatic carbocycles. The summed E-state index contributed by atoms with van der Waals surface area (Å²) >= 11 is 1.27. The smallest absolute Gasteiger partial charge is 0.416 e. The fraction of sp³-hybridized carbons (Fsp3) is 0.550. The number of amides is 1. The molecule has 1 aliphatic rings. The van der Waals surface area contributed by atoms with Crippen molar-refractivity contribution in [3.05, 3.63) is 23.7 Å².